The van der Waals surface area contributed by atoms with Crippen molar-refractivity contribution < 1.29 is 27.5 Å². The number of hydrogen-bond acceptors (Lipinski definition) is 3. The predicted molar refractivity (Wildman–Crippen MR) is 78.8 cm³/mol. The third-order valence-corrected chi connectivity index (χ3v) is 3.13. The van der Waals surface area contributed by atoms with Gasteiger partial charge in [-0.1, -0.05) is 12.1 Å². The summed E-state index contributed by atoms with van der Waals surface area (Å²) >= 11 is 0. The number of alkyl halides is 3. The molecule has 5 nitrogen and oxygen atoms in total. The first-order chi connectivity index (χ1) is 10.8. The van der Waals surface area contributed by atoms with Crippen molar-refractivity contribution in [1.29, 1.82) is 0 Å². The van der Waals surface area contributed by atoms with Gasteiger partial charge in [0.2, 0.25) is 11.8 Å². The average Bonchev–Trinajstić information content (AvgIpc) is 2.46. The smallest absolute Gasteiger partial charge is 0.383 e. The normalized spacial score (nSPS) is 11.2. The number of halogens is 3. The number of nitrogens with zero attached hydrogens (tertiary/aromatic N) is 1. The molecule has 0 aliphatic carbocycles. The lowest BCUT2D eigenvalue weighted by Gasteiger charge is -2.20. The van der Waals surface area contributed by atoms with Crippen molar-refractivity contribution in [2.75, 3.05) is 32.1 Å². The van der Waals surface area contributed by atoms with Crippen LogP contribution >= 0.6 is 0 Å². The highest BCUT2D eigenvalue weighted by Gasteiger charge is 2.33. The summed E-state index contributed by atoms with van der Waals surface area (Å²) in [6.07, 6.45) is -4.65. The Kier molecular flexibility index (Phi) is 7.02. The minimum atomic E-state index is -4.55. The summed E-state index contributed by atoms with van der Waals surface area (Å²) in [4.78, 5) is 24.6. The molecule has 8 heteroatoms. The Morgan fingerprint density at radius 2 is 1.87 bits per heavy atom. The first-order valence-electron chi connectivity index (χ1n) is 6.96. The second-order valence-corrected chi connectivity index (χ2v) is 4.84. The number of methoxy groups -OCH3 is 1. The average molecular weight is 332 g/mol. The molecule has 1 N–H and O–H groups in total. The molecule has 128 valence electrons. The Morgan fingerprint density at radius 1 is 1.22 bits per heavy atom. The Hall–Kier alpha value is -2.09. The van der Waals surface area contributed by atoms with Gasteiger partial charge in [-0.05, 0) is 12.1 Å². The van der Waals surface area contributed by atoms with Crippen LogP contribution in [0.4, 0.5) is 18.9 Å². The fraction of sp³-hybridized carbons (Fsp3) is 0.467. The maximum absolute atomic E-state index is 12.8. The first-order valence-corrected chi connectivity index (χ1v) is 6.96. The van der Waals surface area contributed by atoms with Crippen molar-refractivity contribution in [2.45, 2.75) is 19.5 Å². The zero-order valence-corrected chi connectivity index (χ0v) is 12.9. The van der Waals surface area contributed by atoms with Gasteiger partial charge < -0.3 is 15.0 Å². The van der Waals surface area contributed by atoms with Crippen LogP contribution in [-0.4, -0.2) is 43.5 Å². The van der Waals surface area contributed by atoms with E-state index in [2.05, 4.69) is 5.32 Å². The minimum absolute atomic E-state index is 0.102. The van der Waals surface area contributed by atoms with Gasteiger partial charge in [-0.2, -0.15) is 13.2 Å². The molecule has 0 aliphatic heterocycles. The van der Waals surface area contributed by atoms with E-state index in [4.69, 9.17) is 4.74 Å². The van der Waals surface area contributed by atoms with E-state index in [-0.39, 0.29) is 24.6 Å². The summed E-state index contributed by atoms with van der Waals surface area (Å²) in [5.74, 6) is -0.823. The molecule has 23 heavy (non-hydrogen) atoms. The van der Waals surface area contributed by atoms with E-state index in [0.29, 0.717) is 13.2 Å². The molecule has 1 aromatic carbocycles. The molecule has 0 saturated heterocycles. The maximum Gasteiger partial charge on any atom is 0.418 e. The third-order valence-electron chi connectivity index (χ3n) is 3.13. The van der Waals surface area contributed by atoms with Crippen LogP contribution in [0.25, 0.3) is 0 Å². The molecule has 0 saturated carbocycles. The topological polar surface area (TPSA) is 58.6 Å². The number of amides is 2. The van der Waals surface area contributed by atoms with Gasteiger partial charge in [0.05, 0.1) is 17.9 Å². The lowest BCUT2D eigenvalue weighted by molar-refractivity contribution is -0.137. The molecule has 1 aromatic rings. The lowest BCUT2D eigenvalue weighted by Crippen LogP contribution is -2.34. The van der Waals surface area contributed by atoms with Crippen LogP contribution < -0.4 is 5.32 Å². The number of carbonyl (C=O) groups is 2. The van der Waals surface area contributed by atoms with Gasteiger partial charge in [-0.25, -0.2) is 0 Å². The standard InChI is InChI=1S/C15H19F3N2O3/c1-11(21)20(9-10-23-2)8-7-14(22)19-13-6-4-3-5-12(13)15(16,17)18/h3-6H,7-10H2,1-2H3,(H,19,22). The Labute approximate surface area is 132 Å². The van der Waals surface area contributed by atoms with Gasteiger partial charge in [0.1, 0.15) is 0 Å². The first kappa shape index (κ1) is 19.0. The summed E-state index contributed by atoms with van der Waals surface area (Å²) in [6.45, 7) is 2.10. The van der Waals surface area contributed by atoms with Gasteiger partial charge in [0, 0.05) is 33.5 Å². The lowest BCUT2D eigenvalue weighted by atomic mass is 10.1. The largest absolute Gasteiger partial charge is 0.418 e. The van der Waals surface area contributed by atoms with Crippen LogP contribution in [0.2, 0.25) is 0 Å². The number of hydrogen-bond donors (Lipinski definition) is 1. The van der Waals surface area contributed by atoms with Crippen LogP contribution in [0.1, 0.15) is 18.9 Å². The number of anilines is 1. The molecule has 0 atom stereocenters. The molecule has 0 radical (unpaired) electrons. The van der Waals surface area contributed by atoms with Gasteiger partial charge in [0.15, 0.2) is 0 Å². The minimum Gasteiger partial charge on any atom is -0.383 e. The van der Waals surface area contributed by atoms with Crippen molar-refractivity contribution in [3.8, 4) is 0 Å². The molecule has 0 bridgehead atoms. The molecule has 1 rings (SSSR count). The fourth-order valence-electron chi connectivity index (χ4n) is 1.92. The molecule has 0 heterocycles. The number of ether oxygens (including phenoxy) is 1. The highest BCUT2D eigenvalue weighted by molar-refractivity contribution is 5.92. The molecule has 0 fully saturated rings. The third kappa shape index (κ3) is 6.27. The van der Waals surface area contributed by atoms with Gasteiger partial charge >= 0.3 is 6.18 Å². The quantitative estimate of drug-likeness (QED) is 0.835. The molecule has 2 amide bonds. The van der Waals surface area contributed by atoms with E-state index in [1.807, 2.05) is 0 Å². The Bertz CT molecular complexity index is 547. The molecule has 0 aromatic heterocycles. The van der Waals surface area contributed by atoms with Crippen LogP contribution in [0, 0.1) is 0 Å². The molecular weight excluding hydrogens is 313 g/mol. The van der Waals surface area contributed by atoms with Crippen molar-refractivity contribution in [2.24, 2.45) is 0 Å². The molecular formula is C15H19F3N2O3. The van der Waals surface area contributed by atoms with E-state index < -0.39 is 17.6 Å². The van der Waals surface area contributed by atoms with Gasteiger partial charge in [0.25, 0.3) is 0 Å². The SMILES string of the molecule is COCCN(CCC(=O)Nc1ccccc1C(F)(F)F)C(C)=O. The molecule has 0 spiro atoms. The Morgan fingerprint density at radius 3 is 2.43 bits per heavy atom. The summed E-state index contributed by atoms with van der Waals surface area (Å²) in [5, 5.41) is 2.24. The van der Waals surface area contributed by atoms with E-state index in [1.54, 1.807) is 0 Å². The van der Waals surface area contributed by atoms with Crippen molar-refractivity contribution in [3.63, 3.8) is 0 Å². The van der Waals surface area contributed by atoms with E-state index in [9.17, 15) is 22.8 Å². The molecule has 0 aliphatic rings. The van der Waals surface area contributed by atoms with Gasteiger partial charge in [-0.3, -0.25) is 9.59 Å². The Balaban J connectivity index is 2.65. The van der Waals surface area contributed by atoms with Gasteiger partial charge in [-0.15, -0.1) is 0 Å². The van der Waals surface area contributed by atoms with E-state index in [0.717, 1.165) is 6.07 Å². The van der Waals surface area contributed by atoms with Crippen LogP contribution in [0.3, 0.4) is 0 Å². The predicted octanol–water partition coefficient (Wildman–Crippen LogP) is 2.53. The van der Waals surface area contributed by atoms with Crippen molar-refractivity contribution in [3.05, 3.63) is 29.8 Å². The van der Waals surface area contributed by atoms with Crippen molar-refractivity contribution >= 4 is 17.5 Å². The van der Waals surface area contributed by atoms with Crippen LogP contribution in [-0.2, 0) is 20.5 Å². The number of rotatable bonds is 7. The zero-order chi connectivity index (χ0) is 17.5. The number of nitrogens with one attached hydrogen (secondary N) is 1. The number of para-hydroxylation sites is 1. The maximum atomic E-state index is 12.8. The van der Waals surface area contributed by atoms with Crippen molar-refractivity contribution in [1.82, 2.24) is 4.90 Å². The number of benzene rings is 1. The van der Waals surface area contributed by atoms with Crippen LogP contribution in [0.5, 0.6) is 0 Å². The van der Waals surface area contributed by atoms with Crippen LogP contribution in [0.15, 0.2) is 24.3 Å². The monoisotopic (exact) mass is 332 g/mol. The van der Waals surface area contributed by atoms with E-state index in [1.165, 1.54) is 37.1 Å². The fourth-order valence-corrected chi connectivity index (χ4v) is 1.92. The summed E-state index contributed by atoms with van der Waals surface area (Å²) in [7, 11) is 1.49. The second kappa shape index (κ2) is 8.52. The van der Waals surface area contributed by atoms with E-state index >= 15 is 0 Å². The highest BCUT2D eigenvalue weighted by Crippen LogP contribution is 2.34. The summed E-state index contributed by atoms with van der Waals surface area (Å²) in [5.41, 5.74) is -1.20. The summed E-state index contributed by atoms with van der Waals surface area (Å²) < 4.78 is 43.4. The highest BCUT2D eigenvalue weighted by atomic mass is 19.4. The summed E-state index contributed by atoms with van der Waals surface area (Å²) in [6, 6.07) is 4.75. The zero-order valence-electron chi connectivity index (χ0n) is 12.9. The number of carbonyl (C=O) groups excluding carboxylic acids is 2. The molecule has 0 unspecified atom stereocenters. The second-order valence-electron chi connectivity index (χ2n) is 4.84.